The Bertz CT molecular complexity index is 584. The molecule has 0 radical (unpaired) electrons. The molecular formula is C21H37IN4O. The molecule has 6 heteroatoms. The first-order chi connectivity index (χ1) is 12.5. The van der Waals surface area contributed by atoms with Gasteiger partial charge in [-0.15, -0.1) is 24.0 Å². The number of hydrogen-bond acceptors (Lipinski definition) is 3. The number of guanidine groups is 1. The van der Waals surface area contributed by atoms with Crippen molar-refractivity contribution in [2.45, 2.75) is 59.0 Å². The van der Waals surface area contributed by atoms with Gasteiger partial charge in [-0.05, 0) is 64.2 Å². The Morgan fingerprint density at radius 1 is 1.30 bits per heavy atom. The van der Waals surface area contributed by atoms with E-state index >= 15 is 0 Å². The molecule has 1 aliphatic heterocycles. The fraction of sp³-hybridized carbons (Fsp3) is 0.667. The average Bonchev–Trinajstić information content (AvgIpc) is 2.63. The van der Waals surface area contributed by atoms with Gasteiger partial charge in [-0.25, -0.2) is 0 Å². The molecule has 0 bridgehead atoms. The predicted molar refractivity (Wildman–Crippen MR) is 126 cm³/mol. The number of methoxy groups -OCH3 is 1. The van der Waals surface area contributed by atoms with Gasteiger partial charge in [0.25, 0.3) is 0 Å². The van der Waals surface area contributed by atoms with Crippen LogP contribution in [-0.2, 0) is 6.42 Å². The minimum Gasteiger partial charge on any atom is -0.496 e. The maximum atomic E-state index is 5.41. The topological polar surface area (TPSA) is 48.9 Å². The van der Waals surface area contributed by atoms with Crippen LogP contribution in [-0.4, -0.2) is 56.2 Å². The number of hydrogen-bond donors (Lipinski definition) is 2. The molecule has 0 aromatic heterocycles. The number of ether oxygens (including phenoxy) is 1. The molecule has 1 aliphatic rings. The van der Waals surface area contributed by atoms with Gasteiger partial charge in [0.1, 0.15) is 5.75 Å². The van der Waals surface area contributed by atoms with Crippen LogP contribution in [0.25, 0.3) is 0 Å². The molecular weight excluding hydrogens is 451 g/mol. The molecule has 0 saturated carbocycles. The van der Waals surface area contributed by atoms with Crippen LogP contribution in [0.1, 0.15) is 44.7 Å². The van der Waals surface area contributed by atoms with Gasteiger partial charge in [0, 0.05) is 38.3 Å². The van der Waals surface area contributed by atoms with E-state index in [1.165, 1.54) is 24.0 Å². The summed E-state index contributed by atoms with van der Waals surface area (Å²) < 4.78 is 5.41. The highest BCUT2D eigenvalue weighted by Crippen LogP contribution is 2.19. The maximum Gasteiger partial charge on any atom is 0.191 e. The Balaban J connectivity index is 0.00000364. The molecule has 5 nitrogen and oxygen atoms in total. The van der Waals surface area contributed by atoms with Gasteiger partial charge in [0.15, 0.2) is 5.96 Å². The first-order valence-corrected chi connectivity index (χ1v) is 9.95. The quantitative estimate of drug-likeness (QED) is 0.350. The molecule has 0 aliphatic carbocycles. The number of rotatable bonds is 7. The first kappa shape index (κ1) is 24.0. The van der Waals surface area contributed by atoms with E-state index in [1.54, 1.807) is 7.11 Å². The summed E-state index contributed by atoms with van der Waals surface area (Å²) in [6.07, 6.45) is 3.27. The smallest absolute Gasteiger partial charge is 0.191 e. The number of piperidine rings is 1. The summed E-state index contributed by atoms with van der Waals surface area (Å²) in [6, 6.07) is 7.55. The van der Waals surface area contributed by atoms with Gasteiger partial charge in [0.2, 0.25) is 0 Å². The minimum absolute atomic E-state index is 0. The summed E-state index contributed by atoms with van der Waals surface area (Å²) in [4.78, 5) is 7.32. The number of nitrogens with zero attached hydrogens (tertiary/aromatic N) is 2. The molecule has 2 N–H and O–H groups in total. The van der Waals surface area contributed by atoms with Crippen molar-refractivity contribution in [3.05, 3.63) is 29.3 Å². The number of aryl methyl sites for hydroxylation is 1. The van der Waals surface area contributed by atoms with Crippen LogP contribution in [0, 0.1) is 6.92 Å². The first-order valence-electron chi connectivity index (χ1n) is 9.95. The molecule has 0 atom stereocenters. The zero-order valence-electron chi connectivity index (χ0n) is 17.5. The lowest BCUT2D eigenvalue weighted by Gasteiger charge is -2.35. The van der Waals surface area contributed by atoms with Gasteiger partial charge in [-0.3, -0.25) is 4.99 Å². The van der Waals surface area contributed by atoms with Crippen LogP contribution in [0.2, 0.25) is 0 Å². The van der Waals surface area contributed by atoms with Crippen molar-refractivity contribution in [3.8, 4) is 5.75 Å². The number of nitrogens with one attached hydrogen (secondary N) is 2. The Hall–Kier alpha value is -1.02. The fourth-order valence-electron chi connectivity index (χ4n) is 3.39. The highest BCUT2D eigenvalue weighted by atomic mass is 127. The van der Waals surface area contributed by atoms with E-state index in [-0.39, 0.29) is 24.0 Å². The van der Waals surface area contributed by atoms with Crippen LogP contribution >= 0.6 is 24.0 Å². The third kappa shape index (κ3) is 7.86. The monoisotopic (exact) mass is 488 g/mol. The largest absolute Gasteiger partial charge is 0.496 e. The molecule has 0 unspecified atom stereocenters. The van der Waals surface area contributed by atoms with Crippen LogP contribution < -0.4 is 15.4 Å². The van der Waals surface area contributed by atoms with Crippen LogP contribution in [0.4, 0.5) is 0 Å². The maximum absolute atomic E-state index is 5.41. The molecule has 0 spiro atoms. The van der Waals surface area contributed by atoms with Gasteiger partial charge in [-0.2, -0.15) is 0 Å². The lowest BCUT2D eigenvalue weighted by Crippen LogP contribution is -2.49. The van der Waals surface area contributed by atoms with Crippen molar-refractivity contribution in [1.82, 2.24) is 15.5 Å². The second-order valence-corrected chi connectivity index (χ2v) is 7.36. The second kappa shape index (κ2) is 12.4. The van der Waals surface area contributed by atoms with Crippen LogP contribution in [0.15, 0.2) is 23.2 Å². The summed E-state index contributed by atoms with van der Waals surface area (Å²) in [5, 5.41) is 7.00. The normalized spacial score (nSPS) is 16.1. The Morgan fingerprint density at radius 3 is 2.59 bits per heavy atom. The SMILES string of the molecule is CCNC(=NCCc1ccc(C)c(OC)c1)NC1CCN(C(C)C)CC1.I. The third-order valence-electron chi connectivity index (χ3n) is 5.09. The van der Waals surface area contributed by atoms with E-state index in [0.717, 1.165) is 44.3 Å². The predicted octanol–water partition coefficient (Wildman–Crippen LogP) is 3.59. The molecule has 1 aromatic carbocycles. The van der Waals surface area contributed by atoms with Gasteiger partial charge in [-0.1, -0.05) is 12.1 Å². The highest BCUT2D eigenvalue weighted by molar-refractivity contribution is 14.0. The summed E-state index contributed by atoms with van der Waals surface area (Å²) in [5.41, 5.74) is 2.43. The third-order valence-corrected chi connectivity index (χ3v) is 5.09. The van der Waals surface area contributed by atoms with E-state index < -0.39 is 0 Å². The Morgan fingerprint density at radius 2 is 2.00 bits per heavy atom. The molecule has 1 fully saturated rings. The number of aliphatic imine (C=N–C) groups is 1. The highest BCUT2D eigenvalue weighted by Gasteiger charge is 2.21. The van der Waals surface area contributed by atoms with E-state index in [4.69, 9.17) is 9.73 Å². The molecule has 0 amide bonds. The molecule has 27 heavy (non-hydrogen) atoms. The Kier molecular flexibility index (Phi) is 11.1. The summed E-state index contributed by atoms with van der Waals surface area (Å²) >= 11 is 0. The van der Waals surface area contributed by atoms with E-state index in [1.807, 2.05) is 0 Å². The van der Waals surface area contributed by atoms with Crippen molar-refractivity contribution < 1.29 is 4.74 Å². The molecule has 2 rings (SSSR count). The lowest BCUT2D eigenvalue weighted by atomic mass is 10.0. The van der Waals surface area contributed by atoms with Gasteiger partial charge >= 0.3 is 0 Å². The molecule has 1 heterocycles. The van der Waals surface area contributed by atoms with Crippen molar-refractivity contribution in [3.63, 3.8) is 0 Å². The molecule has 1 aromatic rings. The second-order valence-electron chi connectivity index (χ2n) is 7.36. The number of benzene rings is 1. The zero-order chi connectivity index (χ0) is 18.9. The van der Waals surface area contributed by atoms with Crippen LogP contribution in [0.3, 0.4) is 0 Å². The standard InChI is InChI=1S/C21H36N4O.HI/c1-6-22-21(24-19-10-13-25(14-11-19)16(2)3)23-12-9-18-8-7-17(4)20(15-18)26-5;/h7-8,15-16,19H,6,9-14H2,1-5H3,(H2,22,23,24);1H. The van der Waals surface area contributed by atoms with Gasteiger partial charge in [0.05, 0.1) is 7.11 Å². The molecule has 1 saturated heterocycles. The Labute approximate surface area is 182 Å². The fourth-order valence-corrected chi connectivity index (χ4v) is 3.39. The summed E-state index contributed by atoms with van der Waals surface area (Å²) in [6.45, 7) is 12.7. The number of halogens is 1. The number of likely N-dealkylation sites (tertiary alicyclic amines) is 1. The minimum atomic E-state index is 0. The van der Waals surface area contributed by atoms with E-state index in [9.17, 15) is 0 Å². The zero-order valence-corrected chi connectivity index (χ0v) is 19.9. The van der Waals surface area contributed by atoms with Crippen molar-refractivity contribution in [2.24, 2.45) is 4.99 Å². The average molecular weight is 488 g/mol. The summed E-state index contributed by atoms with van der Waals surface area (Å²) in [5.74, 6) is 1.89. The lowest BCUT2D eigenvalue weighted by molar-refractivity contribution is 0.167. The van der Waals surface area contributed by atoms with Crippen molar-refractivity contribution >= 4 is 29.9 Å². The van der Waals surface area contributed by atoms with E-state index in [0.29, 0.717) is 12.1 Å². The van der Waals surface area contributed by atoms with E-state index in [2.05, 4.69) is 61.4 Å². The molecule has 154 valence electrons. The summed E-state index contributed by atoms with van der Waals surface area (Å²) in [7, 11) is 1.72. The van der Waals surface area contributed by atoms with Crippen LogP contribution in [0.5, 0.6) is 5.75 Å². The van der Waals surface area contributed by atoms with Crippen molar-refractivity contribution in [2.75, 3.05) is 33.3 Å². The van der Waals surface area contributed by atoms with Gasteiger partial charge < -0.3 is 20.3 Å². The van der Waals surface area contributed by atoms with Crippen molar-refractivity contribution in [1.29, 1.82) is 0 Å².